The van der Waals surface area contributed by atoms with Crippen LogP contribution in [-0.2, 0) is 9.59 Å². The first-order valence-electron chi connectivity index (χ1n) is 11.0. The Hall–Kier alpha value is -3.27. The van der Waals surface area contributed by atoms with Crippen molar-refractivity contribution in [2.75, 3.05) is 37.5 Å². The van der Waals surface area contributed by atoms with Crippen molar-refractivity contribution in [3.8, 4) is 11.5 Å². The molecule has 182 valence electrons. The first-order valence-corrected chi connectivity index (χ1v) is 11.0. The molecule has 0 aromatic heterocycles. The van der Waals surface area contributed by atoms with E-state index in [1.807, 2.05) is 11.0 Å². The highest BCUT2D eigenvalue weighted by molar-refractivity contribution is 6.05. The fourth-order valence-electron chi connectivity index (χ4n) is 4.71. The number of halogens is 3. The Bertz CT molecular complexity index is 1080. The summed E-state index contributed by atoms with van der Waals surface area (Å²) in [7, 11) is 3.09. The van der Waals surface area contributed by atoms with Crippen LogP contribution in [0.3, 0.4) is 0 Å². The summed E-state index contributed by atoms with van der Waals surface area (Å²) in [5, 5.41) is 2.49. The quantitative estimate of drug-likeness (QED) is 0.701. The third-order valence-electron chi connectivity index (χ3n) is 6.27. The molecule has 2 aromatic rings. The third-order valence-corrected chi connectivity index (χ3v) is 6.27. The lowest BCUT2D eigenvalue weighted by Gasteiger charge is -2.34. The summed E-state index contributed by atoms with van der Waals surface area (Å²) in [6, 6.07) is 8.94. The van der Waals surface area contributed by atoms with E-state index in [9.17, 15) is 22.8 Å². The lowest BCUT2D eigenvalue weighted by molar-refractivity contribution is -0.158. The average molecular weight is 477 g/mol. The topological polar surface area (TPSA) is 71.1 Å². The molecule has 0 radical (unpaired) electrons. The van der Waals surface area contributed by atoms with Gasteiger partial charge >= 0.3 is 6.18 Å². The largest absolute Gasteiger partial charge is 0.497 e. The van der Waals surface area contributed by atoms with Crippen LogP contribution in [0.4, 0.5) is 24.5 Å². The predicted molar refractivity (Wildman–Crippen MR) is 120 cm³/mol. The van der Waals surface area contributed by atoms with Crippen molar-refractivity contribution in [1.29, 1.82) is 0 Å². The zero-order valence-corrected chi connectivity index (χ0v) is 18.9. The number of carbonyl (C=O) groups is 2. The lowest BCUT2D eigenvalue weighted by atomic mass is 10.0. The number of ether oxygens (including phenoxy) is 2. The summed E-state index contributed by atoms with van der Waals surface area (Å²) < 4.78 is 52.9. The second-order valence-corrected chi connectivity index (χ2v) is 8.33. The van der Waals surface area contributed by atoms with Crippen LogP contribution >= 0.6 is 0 Å². The maximum absolute atomic E-state index is 14.0. The van der Waals surface area contributed by atoms with E-state index in [0.29, 0.717) is 18.0 Å². The normalized spacial score (nSPS) is 21.0. The predicted octanol–water partition coefficient (Wildman–Crippen LogP) is 4.15. The van der Waals surface area contributed by atoms with E-state index in [-0.39, 0.29) is 24.0 Å². The number of methoxy groups -OCH3 is 2. The maximum Gasteiger partial charge on any atom is 0.409 e. The number of nitrogens with one attached hydrogen (secondary N) is 1. The fraction of sp³-hybridized carbons (Fsp3) is 0.417. The second-order valence-electron chi connectivity index (χ2n) is 8.33. The summed E-state index contributed by atoms with van der Waals surface area (Å²) in [4.78, 5) is 28.3. The maximum atomic E-state index is 14.0. The Kier molecular flexibility index (Phi) is 6.70. The molecule has 0 aliphatic carbocycles. The summed E-state index contributed by atoms with van der Waals surface area (Å²) in [6.45, 7) is 0.306. The summed E-state index contributed by atoms with van der Waals surface area (Å²) >= 11 is 0. The van der Waals surface area contributed by atoms with Gasteiger partial charge in [0.15, 0.2) is 0 Å². The van der Waals surface area contributed by atoms with Crippen LogP contribution in [-0.4, -0.2) is 56.2 Å². The van der Waals surface area contributed by atoms with Crippen molar-refractivity contribution in [3.05, 3.63) is 48.0 Å². The Morgan fingerprint density at radius 1 is 1.15 bits per heavy atom. The van der Waals surface area contributed by atoms with Gasteiger partial charge in [-0.1, -0.05) is 12.1 Å². The molecule has 4 rings (SSSR count). The SMILES string of the molecule is COc1ccc(OC)c(C2CCCN2CC(=O)N2c3ccccc3NC(=O)CC2C(F)(F)F)c1. The van der Waals surface area contributed by atoms with Crippen molar-refractivity contribution in [3.63, 3.8) is 0 Å². The number of carbonyl (C=O) groups excluding carboxylic acids is 2. The first kappa shape index (κ1) is 23.9. The molecule has 2 amide bonds. The summed E-state index contributed by atoms with van der Waals surface area (Å²) in [5.41, 5.74) is 1.03. The smallest absolute Gasteiger partial charge is 0.409 e. The molecule has 2 atom stereocenters. The van der Waals surface area contributed by atoms with Gasteiger partial charge in [-0.05, 0) is 49.7 Å². The molecule has 0 bridgehead atoms. The number of para-hydroxylation sites is 2. The van der Waals surface area contributed by atoms with E-state index in [1.165, 1.54) is 12.1 Å². The van der Waals surface area contributed by atoms with Crippen molar-refractivity contribution >= 4 is 23.2 Å². The number of fused-ring (bicyclic) bond motifs is 1. The fourth-order valence-corrected chi connectivity index (χ4v) is 4.71. The van der Waals surface area contributed by atoms with Crippen LogP contribution in [0, 0.1) is 0 Å². The van der Waals surface area contributed by atoms with Gasteiger partial charge in [0, 0.05) is 11.6 Å². The molecule has 2 aliphatic heterocycles. The highest BCUT2D eigenvalue weighted by atomic mass is 19.4. The highest BCUT2D eigenvalue weighted by Gasteiger charge is 2.49. The number of hydrogen-bond acceptors (Lipinski definition) is 5. The molecular weight excluding hydrogens is 451 g/mol. The van der Waals surface area contributed by atoms with Crippen LogP contribution < -0.4 is 19.7 Å². The van der Waals surface area contributed by atoms with Gasteiger partial charge in [0.2, 0.25) is 11.8 Å². The first-order chi connectivity index (χ1) is 16.2. The Labute approximate surface area is 195 Å². The molecule has 0 spiro atoms. The number of likely N-dealkylation sites (tertiary alicyclic amines) is 1. The van der Waals surface area contributed by atoms with Gasteiger partial charge in [0.05, 0.1) is 38.6 Å². The van der Waals surface area contributed by atoms with E-state index in [2.05, 4.69) is 5.32 Å². The van der Waals surface area contributed by atoms with Crippen molar-refractivity contribution in [2.24, 2.45) is 0 Å². The van der Waals surface area contributed by atoms with Crippen LogP contribution in [0.1, 0.15) is 30.9 Å². The van der Waals surface area contributed by atoms with Crippen molar-refractivity contribution in [1.82, 2.24) is 4.90 Å². The van der Waals surface area contributed by atoms with Crippen molar-refractivity contribution < 1.29 is 32.2 Å². The average Bonchev–Trinajstić information content (AvgIpc) is 3.19. The second kappa shape index (κ2) is 9.54. The van der Waals surface area contributed by atoms with Gasteiger partial charge in [-0.3, -0.25) is 19.4 Å². The summed E-state index contributed by atoms with van der Waals surface area (Å²) in [5.74, 6) is -0.268. The van der Waals surface area contributed by atoms with E-state index in [1.54, 1.807) is 38.5 Å². The number of rotatable bonds is 5. The summed E-state index contributed by atoms with van der Waals surface area (Å²) in [6.07, 6.45) is -4.14. The Morgan fingerprint density at radius 2 is 1.91 bits per heavy atom. The number of amides is 2. The van der Waals surface area contributed by atoms with Gasteiger partial charge < -0.3 is 14.8 Å². The molecule has 1 fully saturated rings. The van der Waals surface area contributed by atoms with Gasteiger partial charge in [-0.2, -0.15) is 13.2 Å². The van der Waals surface area contributed by atoms with Crippen LogP contribution in [0.5, 0.6) is 11.5 Å². The molecule has 34 heavy (non-hydrogen) atoms. The van der Waals surface area contributed by atoms with E-state index < -0.39 is 30.5 Å². The van der Waals surface area contributed by atoms with Crippen LogP contribution in [0.15, 0.2) is 42.5 Å². The molecule has 2 aromatic carbocycles. The van der Waals surface area contributed by atoms with Crippen molar-refractivity contribution in [2.45, 2.75) is 37.5 Å². The minimum atomic E-state index is -4.77. The number of alkyl halides is 3. The molecule has 2 heterocycles. The zero-order valence-electron chi connectivity index (χ0n) is 18.9. The van der Waals surface area contributed by atoms with Gasteiger partial charge in [0.25, 0.3) is 0 Å². The monoisotopic (exact) mass is 477 g/mol. The van der Waals surface area contributed by atoms with Crippen LogP contribution in [0.2, 0.25) is 0 Å². The number of hydrogen-bond donors (Lipinski definition) is 1. The molecule has 1 N–H and O–H groups in total. The zero-order chi connectivity index (χ0) is 24.5. The number of anilines is 2. The van der Waals surface area contributed by atoms with E-state index in [4.69, 9.17) is 9.47 Å². The Balaban J connectivity index is 1.67. The number of benzene rings is 2. The molecular formula is C24H26F3N3O4. The van der Waals surface area contributed by atoms with E-state index >= 15 is 0 Å². The molecule has 7 nitrogen and oxygen atoms in total. The third kappa shape index (κ3) is 4.68. The van der Waals surface area contributed by atoms with Gasteiger partial charge in [-0.15, -0.1) is 0 Å². The Morgan fingerprint density at radius 3 is 2.62 bits per heavy atom. The molecule has 2 unspecified atom stereocenters. The minimum Gasteiger partial charge on any atom is -0.497 e. The van der Waals surface area contributed by atoms with E-state index in [0.717, 1.165) is 23.3 Å². The molecule has 10 heteroatoms. The van der Waals surface area contributed by atoms with Gasteiger partial charge in [0.1, 0.15) is 17.5 Å². The molecule has 2 aliphatic rings. The minimum absolute atomic E-state index is 0.0374. The number of nitrogens with zero attached hydrogens (tertiary/aromatic N) is 2. The molecule has 1 saturated heterocycles. The lowest BCUT2D eigenvalue weighted by Crippen LogP contribution is -2.52. The van der Waals surface area contributed by atoms with Gasteiger partial charge in [-0.25, -0.2) is 0 Å². The highest BCUT2D eigenvalue weighted by Crippen LogP contribution is 2.41. The standard InChI is InChI=1S/C24H26F3N3O4/c1-33-15-9-10-20(34-2)16(12-15)18-8-5-11-29(18)14-23(32)30-19-7-4-3-6-17(19)28-22(31)13-21(30)24(25,26)27/h3-4,6-7,9-10,12,18,21H,5,8,11,13-14H2,1-2H3,(H,28,31). The molecule has 0 saturated carbocycles. The van der Waals surface area contributed by atoms with Crippen LogP contribution in [0.25, 0.3) is 0 Å².